The smallest absolute Gasteiger partial charge is 0.0474 e. The minimum Gasteiger partial charge on any atom is -0.846 e. The van der Waals surface area contributed by atoms with E-state index in [9.17, 15) is 5.11 Å². The van der Waals surface area contributed by atoms with E-state index in [4.69, 9.17) is 0 Å². The molecular formula is C10H10O-. The van der Waals surface area contributed by atoms with Gasteiger partial charge in [0.2, 0.25) is 0 Å². The largest absolute Gasteiger partial charge is 0.846 e. The van der Waals surface area contributed by atoms with Crippen molar-refractivity contribution in [1.29, 1.82) is 0 Å². The summed E-state index contributed by atoms with van der Waals surface area (Å²) in [5.74, 6) is 0.345. The first-order valence-corrected chi connectivity index (χ1v) is 3.97. The van der Waals surface area contributed by atoms with Crippen LogP contribution in [-0.2, 0) is 0 Å². The van der Waals surface area contributed by atoms with Crippen LogP contribution in [0, 0.1) is 12.0 Å². The molecule has 0 aliphatic heterocycles. The summed E-state index contributed by atoms with van der Waals surface area (Å²) < 4.78 is 0. The van der Waals surface area contributed by atoms with Crippen LogP contribution in [0.15, 0.2) is 30.3 Å². The van der Waals surface area contributed by atoms with Crippen LogP contribution in [0.4, 0.5) is 0 Å². The number of hydrogen-bond donors (Lipinski definition) is 0. The second-order valence-electron chi connectivity index (χ2n) is 3.00. The lowest BCUT2D eigenvalue weighted by Gasteiger charge is -2.21. The Hall–Kier alpha value is -0.820. The van der Waals surface area contributed by atoms with Crippen molar-refractivity contribution < 1.29 is 5.11 Å². The topological polar surface area (TPSA) is 23.1 Å². The fourth-order valence-electron chi connectivity index (χ4n) is 1.18. The van der Waals surface area contributed by atoms with E-state index in [1.807, 2.05) is 30.3 Å². The molecular weight excluding hydrogens is 136 g/mol. The predicted molar refractivity (Wildman–Crippen MR) is 41.5 cm³/mol. The van der Waals surface area contributed by atoms with Gasteiger partial charge in [-0.25, -0.2) is 0 Å². The van der Waals surface area contributed by atoms with E-state index in [-0.39, 0.29) is 0 Å². The molecule has 1 aromatic carbocycles. The third-order valence-corrected chi connectivity index (χ3v) is 2.01. The van der Waals surface area contributed by atoms with E-state index < -0.39 is 0 Å². The van der Waals surface area contributed by atoms with Gasteiger partial charge in [-0.3, -0.25) is 0 Å². The SMILES string of the molecule is [O-][C](c1ccccc1)C1CC1. The third-order valence-electron chi connectivity index (χ3n) is 2.01. The van der Waals surface area contributed by atoms with Crippen LogP contribution in [0.5, 0.6) is 0 Å². The van der Waals surface area contributed by atoms with Crippen molar-refractivity contribution in [3.63, 3.8) is 0 Å². The minimum atomic E-state index is 0.325. The molecule has 1 heteroatoms. The molecule has 0 spiro atoms. The normalized spacial score (nSPS) is 17.3. The molecule has 1 aliphatic carbocycles. The Morgan fingerprint density at radius 2 is 1.82 bits per heavy atom. The van der Waals surface area contributed by atoms with Gasteiger partial charge in [-0.15, -0.1) is 0 Å². The zero-order valence-corrected chi connectivity index (χ0v) is 6.29. The van der Waals surface area contributed by atoms with Crippen LogP contribution in [0.1, 0.15) is 18.4 Å². The number of hydrogen-bond acceptors (Lipinski definition) is 1. The molecule has 11 heavy (non-hydrogen) atoms. The molecule has 0 saturated heterocycles. The fraction of sp³-hybridized carbons (Fsp3) is 0.300. The Morgan fingerprint density at radius 3 is 2.36 bits per heavy atom. The summed E-state index contributed by atoms with van der Waals surface area (Å²) >= 11 is 0. The molecule has 0 amide bonds. The van der Waals surface area contributed by atoms with Gasteiger partial charge in [0.25, 0.3) is 0 Å². The monoisotopic (exact) mass is 146 g/mol. The standard InChI is InChI=1S/C10H10O/c11-10(9-6-7-9)8-4-2-1-3-5-8/h1-5,9H,6-7H2/q-1. The highest BCUT2D eigenvalue weighted by atomic mass is 16.3. The fourth-order valence-corrected chi connectivity index (χ4v) is 1.18. The second-order valence-corrected chi connectivity index (χ2v) is 3.00. The zero-order valence-electron chi connectivity index (χ0n) is 6.29. The summed E-state index contributed by atoms with van der Waals surface area (Å²) in [5, 5.41) is 11.4. The van der Waals surface area contributed by atoms with Crippen molar-refractivity contribution in [3.05, 3.63) is 42.0 Å². The average molecular weight is 146 g/mol. The van der Waals surface area contributed by atoms with Crippen molar-refractivity contribution in [1.82, 2.24) is 0 Å². The Bertz CT molecular complexity index is 226. The van der Waals surface area contributed by atoms with Gasteiger partial charge in [-0.05, 0) is 5.92 Å². The van der Waals surface area contributed by atoms with Crippen molar-refractivity contribution in [2.45, 2.75) is 12.8 Å². The molecule has 0 heterocycles. The van der Waals surface area contributed by atoms with Gasteiger partial charge in [-0.1, -0.05) is 54.8 Å². The lowest BCUT2D eigenvalue weighted by atomic mass is 10.1. The molecule has 0 N–H and O–H groups in total. The Balaban J connectivity index is 2.15. The lowest BCUT2D eigenvalue weighted by Crippen LogP contribution is -2.18. The third kappa shape index (κ3) is 1.43. The van der Waals surface area contributed by atoms with Gasteiger partial charge < -0.3 is 5.11 Å². The van der Waals surface area contributed by atoms with Gasteiger partial charge in [-0.2, -0.15) is 0 Å². The maximum atomic E-state index is 11.4. The highest BCUT2D eigenvalue weighted by molar-refractivity contribution is 5.28. The molecule has 1 fully saturated rings. The quantitative estimate of drug-likeness (QED) is 0.617. The first-order chi connectivity index (χ1) is 5.38. The molecule has 0 aromatic heterocycles. The van der Waals surface area contributed by atoms with Crippen LogP contribution < -0.4 is 5.11 Å². The van der Waals surface area contributed by atoms with Crippen molar-refractivity contribution in [2.24, 2.45) is 5.92 Å². The Morgan fingerprint density at radius 1 is 1.18 bits per heavy atom. The molecule has 1 nitrogen and oxygen atoms in total. The summed E-state index contributed by atoms with van der Waals surface area (Å²) in [7, 11) is 0. The van der Waals surface area contributed by atoms with E-state index in [1.54, 1.807) is 0 Å². The van der Waals surface area contributed by atoms with Crippen LogP contribution in [0.25, 0.3) is 0 Å². The number of benzene rings is 1. The van der Waals surface area contributed by atoms with E-state index in [1.165, 1.54) is 0 Å². The molecule has 0 unspecified atom stereocenters. The van der Waals surface area contributed by atoms with Crippen molar-refractivity contribution in [2.75, 3.05) is 0 Å². The molecule has 0 atom stereocenters. The molecule has 1 aromatic rings. The first-order valence-electron chi connectivity index (χ1n) is 3.97. The van der Waals surface area contributed by atoms with Crippen LogP contribution in [0.3, 0.4) is 0 Å². The highest BCUT2D eigenvalue weighted by Crippen LogP contribution is 2.38. The molecule has 57 valence electrons. The average Bonchev–Trinajstić information content (AvgIpc) is 2.87. The van der Waals surface area contributed by atoms with Crippen LogP contribution >= 0.6 is 0 Å². The Kier molecular flexibility index (Phi) is 1.66. The molecule has 1 aliphatic rings. The van der Waals surface area contributed by atoms with E-state index in [0.29, 0.717) is 12.0 Å². The first kappa shape index (κ1) is 6.86. The second kappa shape index (κ2) is 2.67. The lowest BCUT2D eigenvalue weighted by molar-refractivity contribution is -0.349. The summed E-state index contributed by atoms with van der Waals surface area (Å²) in [5.41, 5.74) is 0.870. The summed E-state index contributed by atoms with van der Waals surface area (Å²) in [6.07, 6.45) is 2.51. The van der Waals surface area contributed by atoms with Gasteiger partial charge in [0.05, 0.1) is 0 Å². The maximum absolute atomic E-state index is 11.4. The molecule has 0 bridgehead atoms. The molecule has 1 radical (unpaired) electrons. The predicted octanol–water partition coefficient (Wildman–Crippen LogP) is 1.34. The Labute approximate surface area is 66.7 Å². The van der Waals surface area contributed by atoms with Crippen LogP contribution in [0.2, 0.25) is 0 Å². The summed E-state index contributed by atoms with van der Waals surface area (Å²) in [4.78, 5) is 0. The van der Waals surface area contributed by atoms with Gasteiger partial charge in [0, 0.05) is 0 Å². The highest BCUT2D eigenvalue weighted by Gasteiger charge is 2.24. The van der Waals surface area contributed by atoms with E-state index >= 15 is 0 Å². The molecule has 1 saturated carbocycles. The minimum absolute atomic E-state index is 0.325. The zero-order chi connectivity index (χ0) is 7.68. The maximum Gasteiger partial charge on any atom is -0.0474 e. The van der Waals surface area contributed by atoms with Gasteiger partial charge in [0.1, 0.15) is 0 Å². The summed E-state index contributed by atoms with van der Waals surface area (Å²) in [6.45, 7) is 0. The van der Waals surface area contributed by atoms with Crippen molar-refractivity contribution in [3.8, 4) is 0 Å². The van der Waals surface area contributed by atoms with Gasteiger partial charge in [0.15, 0.2) is 0 Å². The van der Waals surface area contributed by atoms with Gasteiger partial charge >= 0.3 is 0 Å². The number of rotatable bonds is 2. The summed E-state index contributed by atoms with van der Waals surface area (Å²) in [6, 6.07) is 9.54. The van der Waals surface area contributed by atoms with E-state index in [0.717, 1.165) is 18.4 Å². The van der Waals surface area contributed by atoms with Crippen LogP contribution in [-0.4, -0.2) is 0 Å². The molecule has 2 rings (SSSR count). The van der Waals surface area contributed by atoms with E-state index in [2.05, 4.69) is 0 Å². The van der Waals surface area contributed by atoms with Crippen molar-refractivity contribution >= 4 is 0 Å².